The van der Waals surface area contributed by atoms with Crippen LogP contribution in [0.2, 0.25) is 0 Å². The van der Waals surface area contributed by atoms with Gasteiger partial charge >= 0.3 is 5.97 Å². The van der Waals surface area contributed by atoms with Crippen molar-refractivity contribution in [2.24, 2.45) is 11.8 Å². The average Bonchev–Trinajstić information content (AvgIpc) is 2.03. The van der Waals surface area contributed by atoms with Crippen LogP contribution < -0.4 is 0 Å². The maximum atomic E-state index is 11.1. The zero-order chi connectivity index (χ0) is 8.27. The predicted octanol–water partition coefficient (Wildman–Crippen LogP) is 1.99. The van der Waals surface area contributed by atoms with Crippen LogP contribution in [0, 0.1) is 11.8 Å². The van der Waals surface area contributed by atoms with Gasteiger partial charge in [0.25, 0.3) is 0 Å². The second-order valence-electron chi connectivity index (χ2n) is 3.49. The summed E-state index contributed by atoms with van der Waals surface area (Å²) in [6.45, 7) is 2.20. The van der Waals surface area contributed by atoms with Crippen molar-refractivity contribution < 1.29 is 9.53 Å². The summed E-state index contributed by atoms with van der Waals surface area (Å²) >= 11 is 0. The van der Waals surface area contributed by atoms with E-state index in [0.29, 0.717) is 5.92 Å². The van der Waals surface area contributed by atoms with E-state index in [1.54, 1.807) is 0 Å². The molecule has 0 aromatic heterocycles. The van der Waals surface area contributed by atoms with Crippen LogP contribution >= 0.6 is 0 Å². The molecule has 2 nitrogen and oxygen atoms in total. The van der Waals surface area contributed by atoms with Crippen molar-refractivity contribution in [3.8, 4) is 0 Å². The Labute approximate surface area is 67.9 Å². The Morgan fingerprint density at radius 2 is 2.18 bits per heavy atom. The van der Waals surface area contributed by atoms with E-state index < -0.39 is 0 Å². The predicted molar refractivity (Wildman–Crippen MR) is 43.1 cm³/mol. The SMILES string of the molecule is COC(=O)[C@@H]1CCC[C@H](C)C1. The summed E-state index contributed by atoms with van der Waals surface area (Å²) in [5.74, 6) is 0.869. The van der Waals surface area contributed by atoms with Crippen molar-refractivity contribution in [1.29, 1.82) is 0 Å². The molecular weight excluding hydrogens is 140 g/mol. The van der Waals surface area contributed by atoms with Crippen molar-refractivity contribution in [2.75, 3.05) is 7.11 Å². The molecule has 1 rings (SSSR count). The monoisotopic (exact) mass is 156 g/mol. The van der Waals surface area contributed by atoms with Crippen molar-refractivity contribution in [3.63, 3.8) is 0 Å². The molecular formula is C9H16O2. The van der Waals surface area contributed by atoms with E-state index in [9.17, 15) is 4.79 Å². The molecule has 0 aliphatic heterocycles. The smallest absolute Gasteiger partial charge is 0.308 e. The van der Waals surface area contributed by atoms with Gasteiger partial charge in [-0.1, -0.05) is 19.8 Å². The molecule has 1 aliphatic carbocycles. The summed E-state index contributed by atoms with van der Waals surface area (Å²) in [4.78, 5) is 11.1. The summed E-state index contributed by atoms with van der Waals surface area (Å²) < 4.78 is 4.70. The van der Waals surface area contributed by atoms with Crippen LogP contribution in [0.4, 0.5) is 0 Å². The van der Waals surface area contributed by atoms with Gasteiger partial charge in [0.1, 0.15) is 0 Å². The molecule has 0 aromatic rings. The lowest BCUT2D eigenvalue weighted by Gasteiger charge is -2.24. The van der Waals surface area contributed by atoms with Gasteiger partial charge < -0.3 is 4.74 Å². The molecule has 64 valence electrons. The van der Waals surface area contributed by atoms with Crippen LogP contribution in [0.15, 0.2) is 0 Å². The summed E-state index contributed by atoms with van der Waals surface area (Å²) in [6, 6.07) is 0. The van der Waals surface area contributed by atoms with Gasteiger partial charge in [-0.3, -0.25) is 4.79 Å². The van der Waals surface area contributed by atoms with Gasteiger partial charge in [-0.05, 0) is 18.8 Å². The Morgan fingerprint density at radius 1 is 1.45 bits per heavy atom. The number of hydrogen-bond donors (Lipinski definition) is 0. The van der Waals surface area contributed by atoms with Crippen LogP contribution in [0.25, 0.3) is 0 Å². The number of rotatable bonds is 1. The topological polar surface area (TPSA) is 26.3 Å². The molecule has 1 fully saturated rings. The highest BCUT2D eigenvalue weighted by Crippen LogP contribution is 2.28. The third-order valence-electron chi connectivity index (χ3n) is 2.47. The third-order valence-corrected chi connectivity index (χ3v) is 2.47. The minimum Gasteiger partial charge on any atom is -0.469 e. The molecule has 0 saturated heterocycles. The third kappa shape index (κ3) is 2.21. The van der Waals surface area contributed by atoms with Gasteiger partial charge in [-0.15, -0.1) is 0 Å². The Kier molecular flexibility index (Phi) is 2.92. The molecule has 11 heavy (non-hydrogen) atoms. The molecule has 0 aromatic carbocycles. The molecule has 0 heterocycles. The standard InChI is InChI=1S/C9H16O2/c1-7-4-3-5-8(6-7)9(10)11-2/h7-8H,3-6H2,1-2H3/t7-,8+/m0/s1. The summed E-state index contributed by atoms with van der Waals surface area (Å²) in [5.41, 5.74) is 0. The van der Waals surface area contributed by atoms with Crippen molar-refractivity contribution in [3.05, 3.63) is 0 Å². The number of esters is 1. The maximum absolute atomic E-state index is 11.1. The Balaban J connectivity index is 2.39. The highest BCUT2D eigenvalue weighted by molar-refractivity contribution is 5.72. The number of carbonyl (C=O) groups excluding carboxylic acids is 1. The first-order chi connectivity index (χ1) is 5.24. The van der Waals surface area contributed by atoms with E-state index in [2.05, 4.69) is 6.92 Å². The first kappa shape index (κ1) is 8.57. The van der Waals surface area contributed by atoms with E-state index >= 15 is 0 Å². The quantitative estimate of drug-likeness (QED) is 0.543. The first-order valence-corrected chi connectivity index (χ1v) is 4.32. The van der Waals surface area contributed by atoms with Crippen LogP contribution in [-0.2, 0) is 9.53 Å². The minimum absolute atomic E-state index is 0.0171. The fourth-order valence-corrected chi connectivity index (χ4v) is 1.81. The molecule has 1 aliphatic rings. The van der Waals surface area contributed by atoms with Crippen molar-refractivity contribution >= 4 is 5.97 Å². The van der Waals surface area contributed by atoms with Gasteiger partial charge in [0.15, 0.2) is 0 Å². The number of hydrogen-bond acceptors (Lipinski definition) is 2. The zero-order valence-electron chi connectivity index (χ0n) is 7.30. The number of carbonyl (C=O) groups is 1. The van der Waals surface area contributed by atoms with Crippen molar-refractivity contribution in [1.82, 2.24) is 0 Å². The minimum atomic E-state index is -0.0171. The Bertz CT molecular complexity index is 142. The molecule has 0 N–H and O–H groups in total. The molecule has 0 amide bonds. The maximum Gasteiger partial charge on any atom is 0.308 e. The second-order valence-corrected chi connectivity index (χ2v) is 3.49. The first-order valence-electron chi connectivity index (χ1n) is 4.32. The number of methoxy groups -OCH3 is 1. The molecule has 0 unspecified atom stereocenters. The molecule has 2 heteroatoms. The lowest BCUT2D eigenvalue weighted by atomic mass is 9.82. The largest absolute Gasteiger partial charge is 0.469 e. The Morgan fingerprint density at radius 3 is 2.73 bits per heavy atom. The Hall–Kier alpha value is -0.530. The highest BCUT2D eigenvalue weighted by Gasteiger charge is 2.25. The molecule has 2 atom stereocenters. The molecule has 0 bridgehead atoms. The van der Waals surface area contributed by atoms with Crippen LogP contribution in [0.5, 0.6) is 0 Å². The number of ether oxygens (including phenoxy) is 1. The average molecular weight is 156 g/mol. The van der Waals surface area contributed by atoms with E-state index in [1.807, 2.05) is 0 Å². The van der Waals surface area contributed by atoms with Gasteiger partial charge in [0.05, 0.1) is 13.0 Å². The van der Waals surface area contributed by atoms with Gasteiger partial charge in [-0.25, -0.2) is 0 Å². The fraction of sp³-hybridized carbons (Fsp3) is 0.889. The molecule has 1 saturated carbocycles. The lowest BCUT2D eigenvalue weighted by molar-refractivity contribution is -0.147. The lowest BCUT2D eigenvalue weighted by Crippen LogP contribution is -2.22. The van der Waals surface area contributed by atoms with Crippen LogP contribution in [0.3, 0.4) is 0 Å². The van der Waals surface area contributed by atoms with Crippen molar-refractivity contribution in [2.45, 2.75) is 32.6 Å². The molecule has 0 radical (unpaired) electrons. The van der Waals surface area contributed by atoms with Gasteiger partial charge in [0, 0.05) is 0 Å². The van der Waals surface area contributed by atoms with Gasteiger partial charge in [-0.2, -0.15) is 0 Å². The van der Waals surface area contributed by atoms with Crippen LogP contribution in [0.1, 0.15) is 32.6 Å². The fourth-order valence-electron chi connectivity index (χ4n) is 1.81. The van der Waals surface area contributed by atoms with E-state index in [0.717, 1.165) is 12.8 Å². The summed E-state index contributed by atoms with van der Waals surface area (Å²) in [7, 11) is 1.47. The van der Waals surface area contributed by atoms with Crippen LogP contribution in [-0.4, -0.2) is 13.1 Å². The van der Waals surface area contributed by atoms with Gasteiger partial charge in [0.2, 0.25) is 0 Å². The zero-order valence-corrected chi connectivity index (χ0v) is 7.30. The highest BCUT2D eigenvalue weighted by atomic mass is 16.5. The van der Waals surface area contributed by atoms with E-state index in [-0.39, 0.29) is 11.9 Å². The second kappa shape index (κ2) is 3.74. The molecule has 0 spiro atoms. The summed E-state index contributed by atoms with van der Waals surface area (Å²) in [5, 5.41) is 0. The van der Waals surface area contributed by atoms with E-state index in [1.165, 1.54) is 20.0 Å². The van der Waals surface area contributed by atoms with E-state index in [4.69, 9.17) is 4.74 Å². The normalized spacial score (nSPS) is 31.5. The summed E-state index contributed by atoms with van der Waals surface area (Å²) in [6.07, 6.45) is 4.50.